The summed E-state index contributed by atoms with van der Waals surface area (Å²) in [6.45, 7) is 4.24. The van der Waals surface area contributed by atoms with Gasteiger partial charge in [-0.3, -0.25) is 4.79 Å². The number of hydrogen-bond donors (Lipinski definition) is 0. The molecule has 4 rings (SSSR count). The summed E-state index contributed by atoms with van der Waals surface area (Å²) in [5.41, 5.74) is 2.55. The van der Waals surface area contributed by atoms with Gasteiger partial charge in [0.2, 0.25) is 0 Å². The third-order valence-electron chi connectivity index (χ3n) is 5.11. The molecule has 1 aromatic carbocycles. The Balaban J connectivity index is 1.61. The monoisotopic (exact) mass is 399 g/mol. The molecule has 2 aromatic heterocycles. The molecule has 28 heavy (non-hydrogen) atoms. The summed E-state index contributed by atoms with van der Waals surface area (Å²) in [5, 5.41) is 0.974. The number of carbonyl (C=O) groups excluding carboxylic acids is 1. The first-order chi connectivity index (χ1) is 13.4. The molecule has 1 saturated carbocycles. The van der Waals surface area contributed by atoms with Crippen molar-refractivity contribution in [3.63, 3.8) is 0 Å². The standard InChI is InChI=1S/C21H22FN3O2S/c1-11-17-12(2)23-19(14-6-7-14)24-20(17)28-18(11)21(26)25(3)10-13-5-8-16(27-4)15(22)9-13/h5,8-9,14H,6-7,10H2,1-4H3. The van der Waals surface area contributed by atoms with E-state index in [0.717, 1.165) is 40.1 Å². The van der Waals surface area contributed by atoms with Crippen LogP contribution in [0.2, 0.25) is 0 Å². The number of rotatable bonds is 5. The summed E-state index contributed by atoms with van der Waals surface area (Å²) >= 11 is 1.42. The van der Waals surface area contributed by atoms with Crippen molar-refractivity contribution in [2.75, 3.05) is 14.2 Å². The maximum Gasteiger partial charge on any atom is 0.264 e. The number of amides is 1. The summed E-state index contributed by atoms with van der Waals surface area (Å²) in [4.78, 5) is 25.6. The van der Waals surface area contributed by atoms with Crippen LogP contribution in [-0.4, -0.2) is 34.9 Å². The van der Waals surface area contributed by atoms with Crippen LogP contribution in [0, 0.1) is 19.7 Å². The number of halogens is 1. The second-order valence-corrected chi connectivity index (χ2v) is 8.31. The van der Waals surface area contributed by atoms with E-state index in [9.17, 15) is 9.18 Å². The van der Waals surface area contributed by atoms with Gasteiger partial charge in [-0.1, -0.05) is 6.07 Å². The number of carbonyl (C=O) groups is 1. The SMILES string of the molecule is COc1ccc(CN(C)C(=O)c2sc3nc(C4CC4)nc(C)c3c2C)cc1F. The summed E-state index contributed by atoms with van der Waals surface area (Å²) in [6.07, 6.45) is 2.28. The Morgan fingerprint density at radius 2 is 2.07 bits per heavy atom. The zero-order valence-corrected chi connectivity index (χ0v) is 17.2. The normalized spacial score (nSPS) is 13.8. The first kappa shape index (κ1) is 18.8. The number of thiophene rings is 1. The maximum atomic E-state index is 13.9. The molecule has 146 valence electrons. The molecular weight excluding hydrogens is 377 g/mol. The van der Waals surface area contributed by atoms with Crippen molar-refractivity contribution in [3.05, 3.63) is 51.5 Å². The van der Waals surface area contributed by atoms with Crippen LogP contribution in [0.3, 0.4) is 0 Å². The Kier molecular flexibility index (Phi) is 4.79. The van der Waals surface area contributed by atoms with E-state index in [-0.39, 0.29) is 11.7 Å². The number of ether oxygens (including phenoxy) is 1. The van der Waals surface area contributed by atoms with Crippen molar-refractivity contribution >= 4 is 27.5 Å². The Labute approximate surface area is 167 Å². The molecule has 0 N–H and O–H groups in total. The zero-order valence-electron chi connectivity index (χ0n) is 16.4. The third-order valence-corrected chi connectivity index (χ3v) is 6.28. The minimum atomic E-state index is -0.433. The van der Waals surface area contributed by atoms with Crippen LogP contribution in [0.15, 0.2) is 18.2 Å². The van der Waals surface area contributed by atoms with Gasteiger partial charge in [-0.2, -0.15) is 0 Å². The van der Waals surface area contributed by atoms with Gasteiger partial charge < -0.3 is 9.64 Å². The van der Waals surface area contributed by atoms with E-state index in [1.165, 1.54) is 24.5 Å². The summed E-state index contributed by atoms with van der Waals surface area (Å²) in [5.74, 6) is 1.03. The first-order valence-corrected chi connectivity index (χ1v) is 10.1. The van der Waals surface area contributed by atoms with Crippen LogP contribution in [0.25, 0.3) is 10.2 Å². The molecule has 1 aliphatic rings. The van der Waals surface area contributed by atoms with Gasteiger partial charge in [0.1, 0.15) is 10.7 Å². The third kappa shape index (κ3) is 3.35. The largest absolute Gasteiger partial charge is 0.494 e. The quantitative estimate of drug-likeness (QED) is 0.629. The van der Waals surface area contributed by atoms with E-state index < -0.39 is 5.82 Å². The number of hydrogen-bond acceptors (Lipinski definition) is 5. The molecule has 5 nitrogen and oxygen atoms in total. The lowest BCUT2D eigenvalue weighted by Crippen LogP contribution is -2.26. The van der Waals surface area contributed by atoms with Crippen LogP contribution in [-0.2, 0) is 6.54 Å². The molecule has 1 aliphatic carbocycles. The van der Waals surface area contributed by atoms with Crippen molar-refractivity contribution in [3.8, 4) is 5.75 Å². The molecule has 1 fully saturated rings. The van der Waals surface area contributed by atoms with Gasteiger partial charge in [0.25, 0.3) is 5.91 Å². The van der Waals surface area contributed by atoms with Crippen molar-refractivity contribution in [1.29, 1.82) is 0 Å². The predicted octanol–water partition coefficient (Wildman–Crippen LogP) is 4.61. The molecule has 0 spiro atoms. The number of nitrogens with zero attached hydrogens (tertiary/aromatic N) is 3. The van der Waals surface area contributed by atoms with Crippen molar-refractivity contribution in [1.82, 2.24) is 14.9 Å². The number of aryl methyl sites for hydroxylation is 2. The van der Waals surface area contributed by atoms with Crippen molar-refractivity contribution < 1.29 is 13.9 Å². The second kappa shape index (κ2) is 7.13. The van der Waals surface area contributed by atoms with Crippen LogP contribution in [0.4, 0.5) is 4.39 Å². The molecule has 0 radical (unpaired) electrons. The van der Waals surface area contributed by atoms with Crippen molar-refractivity contribution in [2.24, 2.45) is 0 Å². The molecule has 0 saturated heterocycles. The van der Waals surface area contributed by atoms with Gasteiger partial charge in [-0.05, 0) is 49.9 Å². The van der Waals surface area contributed by atoms with Crippen LogP contribution < -0.4 is 4.74 Å². The molecule has 3 aromatic rings. The Hall–Kier alpha value is -2.54. The van der Waals surface area contributed by atoms with Gasteiger partial charge in [0, 0.05) is 24.9 Å². The van der Waals surface area contributed by atoms with Crippen molar-refractivity contribution in [2.45, 2.75) is 39.2 Å². The smallest absolute Gasteiger partial charge is 0.264 e. The fraction of sp³-hybridized carbons (Fsp3) is 0.381. The molecule has 0 unspecified atom stereocenters. The number of benzene rings is 1. The summed E-state index contributed by atoms with van der Waals surface area (Å²) in [7, 11) is 3.15. The highest BCUT2D eigenvalue weighted by molar-refractivity contribution is 7.20. The predicted molar refractivity (Wildman–Crippen MR) is 108 cm³/mol. The highest BCUT2D eigenvalue weighted by Crippen LogP contribution is 2.40. The van der Waals surface area contributed by atoms with E-state index in [1.54, 1.807) is 24.1 Å². The average molecular weight is 399 g/mol. The summed E-state index contributed by atoms with van der Waals surface area (Å²) in [6, 6.07) is 4.74. The van der Waals surface area contributed by atoms with E-state index >= 15 is 0 Å². The number of fused-ring (bicyclic) bond motifs is 1. The number of aromatic nitrogens is 2. The second-order valence-electron chi connectivity index (χ2n) is 7.31. The minimum absolute atomic E-state index is 0.0934. The topological polar surface area (TPSA) is 55.3 Å². The lowest BCUT2D eigenvalue weighted by molar-refractivity contribution is 0.0789. The zero-order chi connectivity index (χ0) is 20.0. The highest BCUT2D eigenvalue weighted by Gasteiger charge is 2.29. The fourth-order valence-corrected chi connectivity index (χ4v) is 4.65. The van der Waals surface area contributed by atoms with E-state index in [2.05, 4.69) is 4.98 Å². The molecule has 2 heterocycles. The highest BCUT2D eigenvalue weighted by atomic mass is 32.1. The van der Waals surface area contributed by atoms with E-state index in [1.807, 2.05) is 13.8 Å². The van der Waals surface area contributed by atoms with Crippen LogP contribution in [0.5, 0.6) is 5.75 Å². The molecule has 0 atom stereocenters. The molecule has 0 bridgehead atoms. The number of methoxy groups -OCH3 is 1. The maximum absolute atomic E-state index is 13.9. The molecular formula is C21H22FN3O2S. The minimum Gasteiger partial charge on any atom is -0.494 e. The Morgan fingerprint density at radius 1 is 1.32 bits per heavy atom. The lowest BCUT2D eigenvalue weighted by atomic mass is 10.1. The van der Waals surface area contributed by atoms with Gasteiger partial charge in [-0.15, -0.1) is 11.3 Å². The fourth-order valence-electron chi connectivity index (χ4n) is 3.42. The van der Waals surface area contributed by atoms with Gasteiger partial charge in [0.05, 0.1) is 17.7 Å². The Morgan fingerprint density at radius 3 is 2.71 bits per heavy atom. The van der Waals surface area contributed by atoms with Gasteiger partial charge in [0.15, 0.2) is 11.6 Å². The van der Waals surface area contributed by atoms with Crippen LogP contribution >= 0.6 is 11.3 Å². The van der Waals surface area contributed by atoms with E-state index in [0.29, 0.717) is 22.9 Å². The van der Waals surface area contributed by atoms with E-state index in [4.69, 9.17) is 9.72 Å². The van der Waals surface area contributed by atoms with Gasteiger partial charge in [-0.25, -0.2) is 14.4 Å². The van der Waals surface area contributed by atoms with Crippen LogP contribution in [0.1, 0.15) is 51.1 Å². The molecule has 0 aliphatic heterocycles. The lowest BCUT2D eigenvalue weighted by Gasteiger charge is -2.17. The first-order valence-electron chi connectivity index (χ1n) is 9.24. The Bertz CT molecular complexity index is 1080. The molecule has 1 amide bonds. The van der Waals surface area contributed by atoms with Gasteiger partial charge >= 0.3 is 0 Å². The average Bonchev–Trinajstić information content (AvgIpc) is 3.45. The molecule has 7 heteroatoms. The summed E-state index contributed by atoms with van der Waals surface area (Å²) < 4.78 is 18.9.